The smallest absolute Gasteiger partial charge is 0.129 e. The molecule has 1 nitrogen and oxygen atoms in total. The summed E-state index contributed by atoms with van der Waals surface area (Å²) in [5.74, 6) is -0.257. The van der Waals surface area contributed by atoms with Crippen molar-refractivity contribution in [3.63, 3.8) is 0 Å². The number of aryl methyl sites for hydroxylation is 1. The summed E-state index contributed by atoms with van der Waals surface area (Å²) >= 11 is 7.44. The van der Waals surface area contributed by atoms with E-state index in [1.807, 2.05) is 0 Å². The molecular weight excluding hydrogens is 257 g/mol. The van der Waals surface area contributed by atoms with Crippen LogP contribution in [0.5, 0.6) is 0 Å². The lowest BCUT2D eigenvalue weighted by atomic mass is 10.2. The van der Waals surface area contributed by atoms with Crippen molar-refractivity contribution in [1.82, 2.24) is 5.32 Å². The zero-order chi connectivity index (χ0) is 12.3. The third kappa shape index (κ3) is 3.53. The molecule has 0 spiro atoms. The van der Waals surface area contributed by atoms with Gasteiger partial charge in [-0.2, -0.15) is 0 Å². The standard InChI is InChI=1S/C13H13ClFNS/c1-9-2-5-12(17-9)8-16-7-10-3-4-11(14)6-13(10)15/h2-6,16H,7-8H2,1H3. The van der Waals surface area contributed by atoms with Crippen LogP contribution in [0.4, 0.5) is 4.39 Å². The molecule has 1 aromatic carbocycles. The summed E-state index contributed by atoms with van der Waals surface area (Å²) < 4.78 is 13.5. The lowest BCUT2D eigenvalue weighted by molar-refractivity contribution is 0.589. The van der Waals surface area contributed by atoms with E-state index in [0.29, 0.717) is 17.1 Å². The number of thiophene rings is 1. The van der Waals surface area contributed by atoms with Gasteiger partial charge in [0.25, 0.3) is 0 Å². The molecule has 0 atom stereocenters. The first-order valence-electron chi connectivity index (χ1n) is 5.35. The quantitative estimate of drug-likeness (QED) is 0.880. The molecular formula is C13H13ClFNS. The summed E-state index contributed by atoms with van der Waals surface area (Å²) in [5, 5.41) is 3.65. The molecule has 90 valence electrons. The first-order valence-corrected chi connectivity index (χ1v) is 6.54. The molecule has 2 aromatic rings. The molecule has 1 heterocycles. The number of hydrogen-bond acceptors (Lipinski definition) is 2. The molecule has 0 aliphatic rings. The molecule has 0 bridgehead atoms. The van der Waals surface area contributed by atoms with Crippen molar-refractivity contribution in [2.75, 3.05) is 0 Å². The minimum absolute atomic E-state index is 0.257. The molecule has 0 aliphatic carbocycles. The van der Waals surface area contributed by atoms with Crippen LogP contribution in [0.1, 0.15) is 15.3 Å². The van der Waals surface area contributed by atoms with Crippen molar-refractivity contribution in [2.24, 2.45) is 0 Å². The van der Waals surface area contributed by atoms with E-state index in [1.165, 1.54) is 15.8 Å². The van der Waals surface area contributed by atoms with Gasteiger partial charge >= 0.3 is 0 Å². The lowest BCUT2D eigenvalue weighted by Crippen LogP contribution is -2.12. The van der Waals surface area contributed by atoms with Crippen molar-refractivity contribution >= 4 is 22.9 Å². The SMILES string of the molecule is Cc1ccc(CNCc2ccc(Cl)cc2F)s1. The number of rotatable bonds is 4. The van der Waals surface area contributed by atoms with Crippen molar-refractivity contribution in [2.45, 2.75) is 20.0 Å². The molecule has 17 heavy (non-hydrogen) atoms. The maximum absolute atomic E-state index is 13.5. The van der Waals surface area contributed by atoms with Crippen LogP contribution in [0.25, 0.3) is 0 Å². The summed E-state index contributed by atoms with van der Waals surface area (Å²) in [6.45, 7) is 3.35. The Hall–Kier alpha value is -0.900. The normalized spacial score (nSPS) is 10.8. The predicted octanol–water partition coefficient (Wildman–Crippen LogP) is 4.14. The topological polar surface area (TPSA) is 12.0 Å². The molecule has 0 aliphatic heterocycles. The van der Waals surface area contributed by atoms with Crippen molar-refractivity contribution < 1.29 is 4.39 Å². The molecule has 1 N–H and O–H groups in total. The summed E-state index contributed by atoms with van der Waals surface area (Å²) in [6, 6.07) is 8.94. The molecule has 2 rings (SSSR count). The summed E-state index contributed by atoms with van der Waals surface area (Å²) in [5.41, 5.74) is 0.641. The third-order valence-electron chi connectivity index (χ3n) is 2.43. The van der Waals surface area contributed by atoms with Gasteiger partial charge in [0.1, 0.15) is 5.82 Å². The second-order valence-corrected chi connectivity index (χ2v) is 5.66. The van der Waals surface area contributed by atoms with Gasteiger partial charge in [-0.25, -0.2) is 4.39 Å². The van der Waals surface area contributed by atoms with E-state index in [2.05, 4.69) is 24.4 Å². The minimum Gasteiger partial charge on any atom is -0.308 e. The first-order chi connectivity index (χ1) is 8.15. The van der Waals surface area contributed by atoms with E-state index < -0.39 is 0 Å². The minimum atomic E-state index is -0.257. The first kappa shape index (κ1) is 12.6. The second kappa shape index (κ2) is 5.63. The van der Waals surface area contributed by atoms with E-state index in [4.69, 9.17) is 11.6 Å². The van der Waals surface area contributed by atoms with Gasteiger partial charge < -0.3 is 5.32 Å². The van der Waals surface area contributed by atoms with Gasteiger partial charge in [-0.05, 0) is 31.2 Å². The Balaban J connectivity index is 1.90. The lowest BCUT2D eigenvalue weighted by Gasteiger charge is -2.05. The average molecular weight is 270 g/mol. The predicted molar refractivity (Wildman–Crippen MR) is 71.0 cm³/mol. The van der Waals surface area contributed by atoms with E-state index in [0.717, 1.165) is 6.54 Å². The Morgan fingerprint density at radius 1 is 1.24 bits per heavy atom. The Labute approximate surface area is 109 Å². The van der Waals surface area contributed by atoms with Gasteiger partial charge in [0.15, 0.2) is 0 Å². The maximum Gasteiger partial charge on any atom is 0.129 e. The fourth-order valence-electron chi connectivity index (χ4n) is 1.57. The monoisotopic (exact) mass is 269 g/mol. The van der Waals surface area contributed by atoms with Crippen LogP contribution in [0.3, 0.4) is 0 Å². The highest BCUT2D eigenvalue weighted by atomic mass is 35.5. The number of benzene rings is 1. The maximum atomic E-state index is 13.5. The number of nitrogens with one attached hydrogen (secondary N) is 1. The van der Waals surface area contributed by atoms with Gasteiger partial charge in [-0.1, -0.05) is 17.7 Å². The number of halogens is 2. The van der Waals surface area contributed by atoms with Crippen LogP contribution in [-0.4, -0.2) is 0 Å². The van der Waals surface area contributed by atoms with Gasteiger partial charge in [0.2, 0.25) is 0 Å². The van der Waals surface area contributed by atoms with E-state index in [9.17, 15) is 4.39 Å². The Morgan fingerprint density at radius 2 is 2.06 bits per heavy atom. The van der Waals surface area contributed by atoms with Crippen LogP contribution in [0, 0.1) is 12.7 Å². The number of hydrogen-bond donors (Lipinski definition) is 1. The zero-order valence-electron chi connectivity index (χ0n) is 9.47. The fraction of sp³-hybridized carbons (Fsp3) is 0.231. The highest BCUT2D eigenvalue weighted by Gasteiger charge is 2.03. The van der Waals surface area contributed by atoms with Crippen LogP contribution in [0.2, 0.25) is 5.02 Å². The van der Waals surface area contributed by atoms with Gasteiger partial charge in [-0.3, -0.25) is 0 Å². The average Bonchev–Trinajstić information content (AvgIpc) is 2.68. The summed E-state index contributed by atoms with van der Waals surface area (Å²) in [6.07, 6.45) is 0. The van der Waals surface area contributed by atoms with Crippen molar-refractivity contribution in [1.29, 1.82) is 0 Å². The van der Waals surface area contributed by atoms with E-state index >= 15 is 0 Å². The second-order valence-electron chi connectivity index (χ2n) is 3.85. The largest absolute Gasteiger partial charge is 0.308 e. The van der Waals surface area contributed by atoms with Gasteiger partial charge in [-0.15, -0.1) is 11.3 Å². The van der Waals surface area contributed by atoms with Crippen LogP contribution in [-0.2, 0) is 13.1 Å². The van der Waals surface area contributed by atoms with E-state index in [1.54, 1.807) is 23.5 Å². The van der Waals surface area contributed by atoms with Crippen LogP contribution >= 0.6 is 22.9 Å². The van der Waals surface area contributed by atoms with Crippen LogP contribution < -0.4 is 5.32 Å². The summed E-state index contributed by atoms with van der Waals surface area (Å²) in [4.78, 5) is 2.55. The Kier molecular flexibility index (Phi) is 4.15. The molecule has 0 saturated carbocycles. The Bertz CT molecular complexity index is 510. The van der Waals surface area contributed by atoms with Gasteiger partial charge in [0.05, 0.1) is 0 Å². The van der Waals surface area contributed by atoms with Gasteiger partial charge in [0, 0.05) is 33.4 Å². The fourth-order valence-corrected chi connectivity index (χ4v) is 2.58. The van der Waals surface area contributed by atoms with Crippen LogP contribution in [0.15, 0.2) is 30.3 Å². The van der Waals surface area contributed by atoms with Crippen molar-refractivity contribution in [3.8, 4) is 0 Å². The highest BCUT2D eigenvalue weighted by molar-refractivity contribution is 7.11. The molecule has 0 amide bonds. The Morgan fingerprint density at radius 3 is 2.71 bits per heavy atom. The summed E-state index contributed by atoms with van der Waals surface area (Å²) in [7, 11) is 0. The third-order valence-corrected chi connectivity index (χ3v) is 3.66. The van der Waals surface area contributed by atoms with Crippen molar-refractivity contribution in [3.05, 3.63) is 56.5 Å². The molecule has 0 saturated heterocycles. The molecule has 0 fully saturated rings. The van der Waals surface area contributed by atoms with E-state index in [-0.39, 0.29) is 5.82 Å². The zero-order valence-corrected chi connectivity index (χ0v) is 11.0. The molecule has 4 heteroatoms. The molecule has 0 unspecified atom stereocenters. The highest BCUT2D eigenvalue weighted by Crippen LogP contribution is 2.16. The molecule has 0 radical (unpaired) electrons. The molecule has 1 aromatic heterocycles.